The van der Waals surface area contributed by atoms with Gasteiger partial charge in [-0.25, -0.2) is 0 Å². The second-order valence-electron chi connectivity index (χ2n) is 4.14. The lowest BCUT2D eigenvalue weighted by Crippen LogP contribution is -2.45. The van der Waals surface area contributed by atoms with Crippen LogP contribution in [-0.4, -0.2) is 49.8 Å². The van der Waals surface area contributed by atoms with Gasteiger partial charge in [-0.1, -0.05) is 11.8 Å². The van der Waals surface area contributed by atoms with Crippen LogP contribution in [0.5, 0.6) is 0 Å². The summed E-state index contributed by atoms with van der Waals surface area (Å²) < 4.78 is 4.83. The first-order chi connectivity index (χ1) is 10.1. The number of methoxy groups -OCH3 is 1. The first-order valence-corrected chi connectivity index (χ1v) is 7.22. The van der Waals surface area contributed by atoms with Gasteiger partial charge in [0.1, 0.15) is 12.6 Å². The number of amides is 2. The molecule has 0 bridgehead atoms. The molecular formula is C14H18N2O4S. The molecule has 1 aromatic rings. The quantitative estimate of drug-likeness (QED) is 0.509. The van der Waals surface area contributed by atoms with Crippen LogP contribution < -0.4 is 10.6 Å². The van der Waals surface area contributed by atoms with E-state index in [9.17, 15) is 9.59 Å². The van der Waals surface area contributed by atoms with E-state index in [2.05, 4.69) is 22.5 Å². The highest BCUT2D eigenvalue weighted by Gasteiger charge is 2.16. The molecule has 0 radical (unpaired) electrons. The van der Waals surface area contributed by atoms with Gasteiger partial charge in [0.15, 0.2) is 0 Å². The molecule has 0 aliphatic heterocycles. The molecular weight excluding hydrogens is 292 g/mol. The number of aliphatic hydroxyl groups is 1. The molecule has 2 amide bonds. The molecule has 0 aliphatic rings. The van der Waals surface area contributed by atoms with Gasteiger partial charge in [-0.15, -0.1) is 11.3 Å². The summed E-state index contributed by atoms with van der Waals surface area (Å²) in [7, 11) is 1.55. The maximum absolute atomic E-state index is 12.0. The smallest absolute Gasteiger partial charge is 0.252 e. The van der Waals surface area contributed by atoms with Crippen molar-refractivity contribution in [3.05, 3.63) is 21.9 Å². The molecule has 1 heterocycles. The number of rotatable bonds is 6. The maximum atomic E-state index is 12.0. The summed E-state index contributed by atoms with van der Waals surface area (Å²) in [5.74, 6) is 4.64. The van der Waals surface area contributed by atoms with E-state index in [0.29, 0.717) is 23.6 Å². The van der Waals surface area contributed by atoms with E-state index in [1.165, 1.54) is 11.3 Å². The molecule has 7 heteroatoms. The summed E-state index contributed by atoms with van der Waals surface area (Å²) in [6, 6.07) is 0.985. The average Bonchev–Trinajstić information content (AvgIpc) is 2.94. The Labute approximate surface area is 127 Å². The molecule has 1 rings (SSSR count). The van der Waals surface area contributed by atoms with E-state index in [1.807, 2.05) is 0 Å². The van der Waals surface area contributed by atoms with Gasteiger partial charge in [0.25, 0.3) is 5.91 Å². The van der Waals surface area contributed by atoms with Crippen molar-refractivity contribution in [1.29, 1.82) is 0 Å². The topological polar surface area (TPSA) is 87.7 Å². The molecule has 0 aromatic carbocycles. The van der Waals surface area contributed by atoms with E-state index in [0.717, 1.165) is 0 Å². The van der Waals surface area contributed by atoms with Crippen LogP contribution in [0.4, 0.5) is 0 Å². The highest BCUT2D eigenvalue weighted by molar-refractivity contribution is 7.10. The highest BCUT2D eigenvalue weighted by atomic mass is 32.1. The van der Waals surface area contributed by atoms with Crippen molar-refractivity contribution >= 4 is 23.2 Å². The number of nitrogens with one attached hydrogen (secondary N) is 2. The van der Waals surface area contributed by atoms with E-state index >= 15 is 0 Å². The summed E-state index contributed by atoms with van der Waals surface area (Å²) in [5, 5.41) is 15.5. The Morgan fingerprint density at radius 1 is 1.52 bits per heavy atom. The summed E-state index contributed by atoms with van der Waals surface area (Å²) in [6.07, 6.45) is 0. The Morgan fingerprint density at radius 3 is 2.95 bits per heavy atom. The summed E-state index contributed by atoms with van der Waals surface area (Å²) in [4.78, 5) is 24.4. The van der Waals surface area contributed by atoms with Crippen LogP contribution in [0, 0.1) is 11.8 Å². The monoisotopic (exact) mass is 310 g/mol. The third-order valence-corrected chi connectivity index (χ3v) is 3.34. The van der Waals surface area contributed by atoms with Crippen LogP contribution >= 0.6 is 11.3 Å². The predicted molar refractivity (Wildman–Crippen MR) is 80.1 cm³/mol. The molecule has 0 aliphatic carbocycles. The van der Waals surface area contributed by atoms with Crippen LogP contribution in [0.25, 0.3) is 0 Å². The Bertz CT molecular complexity index is 545. The zero-order valence-corrected chi connectivity index (χ0v) is 12.8. The Morgan fingerprint density at radius 2 is 2.29 bits per heavy atom. The number of aliphatic hydroxyl groups excluding tert-OH is 1. The van der Waals surface area contributed by atoms with Gasteiger partial charge < -0.3 is 20.5 Å². The fraction of sp³-hybridized carbons (Fsp3) is 0.429. The van der Waals surface area contributed by atoms with Crippen molar-refractivity contribution in [3.63, 3.8) is 0 Å². The zero-order chi connectivity index (χ0) is 15.7. The molecule has 0 saturated carbocycles. The first kappa shape index (κ1) is 17.2. The van der Waals surface area contributed by atoms with E-state index < -0.39 is 6.04 Å². The Kier molecular flexibility index (Phi) is 7.46. The van der Waals surface area contributed by atoms with Crippen molar-refractivity contribution in [1.82, 2.24) is 10.6 Å². The minimum atomic E-state index is -0.638. The molecule has 0 spiro atoms. The Hall–Kier alpha value is -1.88. The van der Waals surface area contributed by atoms with Crippen LogP contribution in [0.2, 0.25) is 0 Å². The van der Waals surface area contributed by atoms with Crippen molar-refractivity contribution in [3.8, 4) is 11.8 Å². The van der Waals surface area contributed by atoms with Crippen LogP contribution in [0.15, 0.2) is 11.4 Å². The minimum absolute atomic E-state index is 0.224. The van der Waals surface area contributed by atoms with Gasteiger partial charge in [-0.05, 0) is 13.0 Å². The van der Waals surface area contributed by atoms with Gasteiger partial charge in [0.05, 0.1) is 17.0 Å². The number of thiophene rings is 1. The summed E-state index contributed by atoms with van der Waals surface area (Å²) in [6.45, 7) is 2.20. The number of carbonyl (C=O) groups is 2. The normalized spacial score (nSPS) is 11.2. The molecule has 1 aromatic heterocycles. The second-order valence-corrected chi connectivity index (χ2v) is 5.05. The summed E-state index contributed by atoms with van der Waals surface area (Å²) in [5.41, 5.74) is 0.443. The minimum Gasteiger partial charge on any atom is -0.384 e. The van der Waals surface area contributed by atoms with Crippen molar-refractivity contribution in [2.24, 2.45) is 0 Å². The molecule has 0 saturated heterocycles. The Balaban J connectivity index is 2.52. The number of hydrogen-bond donors (Lipinski definition) is 3. The van der Waals surface area contributed by atoms with Gasteiger partial charge in [-0.3, -0.25) is 9.59 Å². The maximum Gasteiger partial charge on any atom is 0.252 e. The number of hydrogen-bond acceptors (Lipinski definition) is 5. The largest absolute Gasteiger partial charge is 0.384 e. The third-order valence-electron chi connectivity index (χ3n) is 2.50. The lowest BCUT2D eigenvalue weighted by atomic mass is 10.2. The van der Waals surface area contributed by atoms with Crippen LogP contribution in [0.3, 0.4) is 0 Å². The summed E-state index contributed by atoms with van der Waals surface area (Å²) >= 11 is 1.31. The fourth-order valence-corrected chi connectivity index (χ4v) is 2.18. The SMILES string of the molecule is COCCNC(=O)C(C)NC(=O)c1csc(C#CCO)c1. The number of carbonyl (C=O) groups excluding carboxylic acids is 2. The number of ether oxygens (including phenoxy) is 1. The van der Waals surface area contributed by atoms with E-state index in [-0.39, 0.29) is 18.4 Å². The molecule has 0 fully saturated rings. The van der Waals surface area contributed by atoms with Gasteiger partial charge in [-0.2, -0.15) is 0 Å². The standard InChI is InChI=1S/C14H18N2O4S/c1-10(13(18)15-5-7-20-2)16-14(19)11-8-12(21-9-11)4-3-6-17/h8-10,17H,5-7H2,1-2H3,(H,15,18)(H,16,19). The van der Waals surface area contributed by atoms with Gasteiger partial charge in [0.2, 0.25) is 5.91 Å². The molecule has 114 valence electrons. The van der Waals surface area contributed by atoms with Gasteiger partial charge in [0, 0.05) is 19.0 Å². The molecule has 3 N–H and O–H groups in total. The van der Waals surface area contributed by atoms with E-state index in [1.54, 1.807) is 25.5 Å². The lowest BCUT2D eigenvalue weighted by molar-refractivity contribution is -0.122. The third kappa shape index (κ3) is 5.95. The van der Waals surface area contributed by atoms with Gasteiger partial charge >= 0.3 is 0 Å². The van der Waals surface area contributed by atoms with Crippen molar-refractivity contribution in [2.45, 2.75) is 13.0 Å². The average molecular weight is 310 g/mol. The van der Waals surface area contributed by atoms with Crippen molar-refractivity contribution in [2.75, 3.05) is 26.9 Å². The second kappa shape index (κ2) is 9.13. The van der Waals surface area contributed by atoms with Crippen LogP contribution in [0.1, 0.15) is 22.2 Å². The highest BCUT2D eigenvalue weighted by Crippen LogP contribution is 2.13. The van der Waals surface area contributed by atoms with E-state index in [4.69, 9.17) is 9.84 Å². The first-order valence-electron chi connectivity index (χ1n) is 6.34. The fourth-order valence-electron chi connectivity index (χ4n) is 1.42. The molecule has 1 unspecified atom stereocenters. The zero-order valence-electron chi connectivity index (χ0n) is 11.9. The molecule has 1 atom stereocenters. The lowest BCUT2D eigenvalue weighted by Gasteiger charge is -2.13. The predicted octanol–water partition coefficient (Wildman–Crippen LogP) is -0.0272. The van der Waals surface area contributed by atoms with Crippen molar-refractivity contribution < 1.29 is 19.4 Å². The molecule has 21 heavy (non-hydrogen) atoms. The molecule has 6 nitrogen and oxygen atoms in total. The van der Waals surface area contributed by atoms with Crippen LogP contribution in [-0.2, 0) is 9.53 Å².